The number of rotatable bonds is 7. The van der Waals surface area contributed by atoms with Crippen molar-refractivity contribution < 1.29 is 9.53 Å². The van der Waals surface area contributed by atoms with Crippen molar-refractivity contribution in [1.82, 2.24) is 14.8 Å². The van der Waals surface area contributed by atoms with Gasteiger partial charge in [-0.3, -0.25) is 9.69 Å². The van der Waals surface area contributed by atoms with Crippen LogP contribution in [0.4, 0.5) is 0 Å². The van der Waals surface area contributed by atoms with Crippen molar-refractivity contribution in [3.8, 4) is 11.3 Å². The first kappa shape index (κ1) is 21.2. The van der Waals surface area contributed by atoms with Gasteiger partial charge in [-0.05, 0) is 30.6 Å². The van der Waals surface area contributed by atoms with Gasteiger partial charge in [0.1, 0.15) is 6.54 Å². The second-order valence-corrected chi connectivity index (χ2v) is 9.29. The van der Waals surface area contributed by atoms with Crippen LogP contribution < -0.4 is 5.32 Å². The van der Waals surface area contributed by atoms with Crippen LogP contribution in [0, 0.1) is 16.8 Å². The highest BCUT2D eigenvalue weighted by molar-refractivity contribution is 7.73. The molecule has 5 nitrogen and oxygen atoms in total. The second-order valence-electron chi connectivity index (χ2n) is 7.79. The Hall–Kier alpha value is -1.54. The zero-order valence-corrected chi connectivity index (χ0v) is 18.4. The number of aromatic nitrogens is 1. The van der Waals surface area contributed by atoms with Crippen LogP contribution in [-0.2, 0) is 16.1 Å². The predicted octanol–water partition coefficient (Wildman–Crippen LogP) is 3.73. The average Bonchev–Trinajstić information content (AvgIpc) is 3.01. The third-order valence-electron chi connectivity index (χ3n) is 4.80. The highest BCUT2D eigenvalue weighted by Crippen LogP contribution is 2.24. The van der Waals surface area contributed by atoms with E-state index in [1.165, 1.54) is 16.9 Å². The lowest BCUT2D eigenvalue weighted by Gasteiger charge is -2.34. The summed E-state index contributed by atoms with van der Waals surface area (Å²) in [4.78, 5) is 15.0. The molecule has 0 spiro atoms. The Labute approximate surface area is 176 Å². The first-order chi connectivity index (χ1) is 13.4. The minimum Gasteiger partial charge on any atom is -0.374 e. The highest BCUT2D eigenvalue weighted by atomic mass is 32.1. The van der Waals surface area contributed by atoms with Crippen molar-refractivity contribution in [1.29, 1.82) is 0 Å². The van der Waals surface area contributed by atoms with E-state index in [2.05, 4.69) is 55.3 Å². The van der Waals surface area contributed by atoms with Gasteiger partial charge >= 0.3 is 0 Å². The molecule has 1 saturated heterocycles. The molecule has 1 aromatic heterocycles. The summed E-state index contributed by atoms with van der Waals surface area (Å²) in [5, 5.41) is 5.05. The number of benzene rings is 1. The van der Waals surface area contributed by atoms with Crippen LogP contribution in [0.2, 0.25) is 0 Å². The van der Waals surface area contributed by atoms with Crippen LogP contribution in [0.15, 0.2) is 29.6 Å². The molecule has 1 atom stereocenters. The van der Waals surface area contributed by atoms with Gasteiger partial charge in [-0.2, -0.15) is 0 Å². The Morgan fingerprint density at radius 2 is 2.11 bits per heavy atom. The SMILES string of the molecule is Cc1ccc(-c2csc(=S)n2CC(=O)NCC2CN(CC(C)C)CCO2)cc1. The zero-order chi connectivity index (χ0) is 20.1. The molecular weight excluding hydrogens is 390 g/mol. The maximum Gasteiger partial charge on any atom is 0.240 e. The van der Waals surface area contributed by atoms with E-state index < -0.39 is 0 Å². The number of amides is 1. The van der Waals surface area contributed by atoms with Crippen LogP contribution in [-0.4, -0.2) is 54.3 Å². The largest absolute Gasteiger partial charge is 0.374 e. The lowest BCUT2D eigenvalue weighted by atomic mass is 10.1. The van der Waals surface area contributed by atoms with Gasteiger partial charge in [0.05, 0.1) is 18.4 Å². The summed E-state index contributed by atoms with van der Waals surface area (Å²) in [7, 11) is 0. The summed E-state index contributed by atoms with van der Waals surface area (Å²) >= 11 is 6.94. The van der Waals surface area contributed by atoms with Crippen LogP contribution in [0.3, 0.4) is 0 Å². The summed E-state index contributed by atoms with van der Waals surface area (Å²) in [5.41, 5.74) is 3.27. The molecule has 1 unspecified atom stereocenters. The molecule has 152 valence electrons. The van der Waals surface area contributed by atoms with E-state index >= 15 is 0 Å². The Balaban J connectivity index is 1.57. The minimum atomic E-state index is -0.0348. The van der Waals surface area contributed by atoms with Gasteiger partial charge in [-0.1, -0.05) is 43.7 Å². The number of nitrogens with zero attached hydrogens (tertiary/aromatic N) is 2. The molecule has 0 radical (unpaired) electrons. The number of thiazole rings is 1. The minimum absolute atomic E-state index is 0.0348. The molecule has 3 rings (SSSR count). The molecule has 1 aliphatic rings. The number of aryl methyl sites for hydroxylation is 1. The van der Waals surface area contributed by atoms with E-state index in [1.807, 2.05) is 9.95 Å². The number of carbonyl (C=O) groups is 1. The summed E-state index contributed by atoms with van der Waals surface area (Å²) in [6.07, 6.45) is 0.0449. The highest BCUT2D eigenvalue weighted by Gasteiger charge is 2.21. The van der Waals surface area contributed by atoms with E-state index in [0.29, 0.717) is 16.4 Å². The van der Waals surface area contributed by atoms with Gasteiger partial charge in [-0.15, -0.1) is 11.3 Å². The molecule has 0 saturated carbocycles. The number of hydrogen-bond donors (Lipinski definition) is 1. The Bertz CT molecular complexity index is 842. The topological polar surface area (TPSA) is 46.5 Å². The molecule has 1 aromatic carbocycles. The molecule has 1 amide bonds. The summed E-state index contributed by atoms with van der Waals surface area (Å²) < 4.78 is 8.44. The van der Waals surface area contributed by atoms with E-state index in [9.17, 15) is 4.79 Å². The quantitative estimate of drug-likeness (QED) is 0.695. The third-order valence-corrected chi connectivity index (χ3v) is 6.08. The van der Waals surface area contributed by atoms with Gasteiger partial charge in [0.2, 0.25) is 5.91 Å². The fraction of sp³-hybridized carbons (Fsp3) is 0.524. The fourth-order valence-corrected chi connectivity index (χ4v) is 4.52. The third kappa shape index (κ3) is 5.73. The first-order valence-corrected chi connectivity index (χ1v) is 11.1. The molecule has 2 heterocycles. The summed E-state index contributed by atoms with van der Waals surface area (Å²) in [5.74, 6) is 0.599. The molecule has 2 aromatic rings. The van der Waals surface area contributed by atoms with E-state index in [-0.39, 0.29) is 18.6 Å². The van der Waals surface area contributed by atoms with Crippen LogP contribution in [0.25, 0.3) is 11.3 Å². The lowest BCUT2D eigenvalue weighted by Crippen LogP contribution is -2.48. The van der Waals surface area contributed by atoms with E-state index in [1.54, 1.807) is 0 Å². The van der Waals surface area contributed by atoms with Crippen molar-refractivity contribution >= 4 is 29.5 Å². The molecule has 0 aliphatic carbocycles. The van der Waals surface area contributed by atoms with Gasteiger partial charge in [0, 0.05) is 31.6 Å². The molecule has 1 N–H and O–H groups in total. The van der Waals surface area contributed by atoms with Crippen LogP contribution in [0.1, 0.15) is 19.4 Å². The normalized spacial score (nSPS) is 17.8. The number of ether oxygens (including phenoxy) is 1. The standard InChI is InChI=1S/C21H29N3O2S2/c1-15(2)11-23-8-9-26-18(12-23)10-22-20(25)13-24-19(14-28-21(24)27)17-6-4-16(3)5-7-17/h4-7,14-15,18H,8-13H2,1-3H3,(H,22,25). The molecule has 1 fully saturated rings. The molecular formula is C21H29N3O2S2. The fourth-order valence-electron chi connectivity index (χ4n) is 3.44. The molecule has 0 bridgehead atoms. The first-order valence-electron chi connectivity index (χ1n) is 9.78. The van der Waals surface area contributed by atoms with Crippen LogP contribution in [0.5, 0.6) is 0 Å². The maximum atomic E-state index is 12.6. The number of carbonyl (C=O) groups excluding carboxylic acids is 1. The zero-order valence-electron chi connectivity index (χ0n) is 16.8. The van der Waals surface area contributed by atoms with Gasteiger partial charge in [-0.25, -0.2) is 0 Å². The van der Waals surface area contributed by atoms with Crippen molar-refractivity contribution in [2.45, 2.75) is 33.4 Å². The van der Waals surface area contributed by atoms with Crippen molar-refractivity contribution in [2.24, 2.45) is 5.92 Å². The summed E-state index contributed by atoms with van der Waals surface area (Å²) in [6.45, 7) is 10.9. The van der Waals surface area contributed by atoms with Gasteiger partial charge in [0.15, 0.2) is 3.95 Å². The second kappa shape index (κ2) is 9.78. The monoisotopic (exact) mass is 419 g/mol. The smallest absolute Gasteiger partial charge is 0.240 e. The van der Waals surface area contributed by atoms with Crippen molar-refractivity contribution in [2.75, 3.05) is 32.8 Å². The van der Waals surface area contributed by atoms with E-state index in [0.717, 1.165) is 37.5 Å². The van der Waals surface area contributed by atoms with Crippen molar-refractivity contribution in [3.63, 3.8) is 0 Å². The molecule has 1 aliphatic heterocycles. The van der Waals surface area contributed by atoms with E-state index in [4.69, 9.17) is 17.0 Å². The van der Waals surface area contributed by atoms with Crippen LogP contribution >= 0.6 is 23.6 Å². The average molecular weight is 420 g/mol. The lowest BCUT2D eigenvalue weighted by molar-refractivity contribution is -0.122. The Kier molecular flexibility index (Phi) is 7.40. The molecule has 28 heavy (non-hydrogen) atoms. The maximum absolute atomic E-state index is 12.6. The predicted molar refractivity (Wildman–Crippen MR) is 117 cm³/mol. The molecule has 7 heteroatoms. The Morgan fingerprint density at radius 1 is 1.36 bits per heavy atom. The van der Waals surface area contributed by atoms with Gasteiger partial charge in [0.25, 0.3) is 0 Å². The van der Waals surface area contributed by atoms with Gasteiger partial charge < -0.3 is 14.6 Å². The van der Waals surface area contributed by atoms with Crippen molar-refractivity contribution in [3.05, 3.63) is 39.2 Å². The number of nitrogens with one attached hydrogen (secondary N) is 1. The summed E-state index contributed by atoms with van der Waals surface area (Å²) in [6, 6.07) is 8.28. The number of hydrogen-bond acceptors (Lipinski definition) is 5. The number of morpholine rings is 1. The Morgan fingerprint density at radius 3 is 2.82 bits per heavy atom.